The van der Waals surface area contributed by atoms with Gasteiger partial charge in [0.1, 0.15) is 52.5 Å². The third-order valence-electron chi connectivity index (χ3n) is 17.5. The Bertz CT molecular complexity index is 3800. The number of benzene rings is 6. The molecule has 2 aliphatic carbocycles. The lowest BCUT2D eigenvalue weighted by atomic mass is 9.88. The second-order valence-corrected chi connectivity index (χ2v) is 25.0. The molecule has 1 aromatic heterocycles. The molecule has 100 heavy (non-hydrogen) atoms. The lowest BCUT2D eigenvalue weighted by Crippen LogP contribution is -2.27. The molecule has 0 saturated heterocycles. The molecule has 0 unspecified atom stereocenters. The third-order valence-corrected chi connectivity index (χ3v) is 17.5. The van der Waals surface area contributed by atoms with Gasteiger partial charge in [0.05, 0.1) is 75.1 Å². The molecule has 9 rings (SSSR count). The number of carbonyl (C=O) groups is 6. The third kappa shape index (κ3) is 24.4. The summed E-state index contributed by atoms with van der Waals surface area (Å²) in [6, 6.07) is 39.1. The molecule has 0 spiro atoms. The van der Waals surface area contributed by atoms with E-state index in [1.54, 1.807) is 72.8 Å². The summed E-state index contributed by atoms with van der Waals surface area (Å²) in [6.45, 7) is 14.1. The van der Waals surface area contributed by atoms with Crippen LogP contribution in [0.3, 0.4) is 0 Å². The smallest absolute Gasteiger partial charge is 0.343 e. The molecule has 0 aliphatic heterocycles. The number of pyridine rings is 1. The summed E-state index contributed by atoms with van der Waals surface area (Å²) in [5.41, 5.74) is 1.39. The van der Waals surface area contributed by atoms with Crippen LogP contribution in [0, 0.1) is 11.8 Å². The number of fused-ring (bicyclic) bond motifs is 3. The standard InChI is InChI=1S/C81H91NO18/c1-4-75(83)92-50-16-10-7-13-47-89-62-33-37-65(38-34-62)95-55-57-19-27-68(28-20-57)99-80(87)60-25-45-71-72-46-26-61(81(88)100-69-29-21-58(22-30-69)56-96-66-39-35-63(36-40-66)90-48-14-8-11-17-51-93-76(84)5-2)54-74(72)82-78(73(71)53-60)97-67-31-23-59(24-32-67)79(86)98-70-43-41-64(42-44-70)91-49-15-9-12-18-52-94-77(85)6-3/h4-6,23-26,31-46,53-54,57-58,68-69H,1-3,7-22,27-30,47-52,55-56H2. The number of hydrogen-bond donors (Lipinski definition) is 0. The Morgan fingerprint density at radius 3 is 1.11 bits per heavy atom. The molecule has 0 N–H and O–H groups in total. The first-order chi connectivity index (χ1) is 48.9. The molecule has 528 valence electrons. The maximum absolute atomic E-state index is 14.0. The fourth-order valence-corrected chi connectivity index (χ4v) is 11.8. The topological polar surface area (TPSA) is 226 Å². The second-order valence-electron chi connectivity index (χ2n) is 25.0. The van der Waals surface area contributed by atoms with Crippen molar-refractivity contribution < 1.29 is 85.6 Å². The summed E-state index contributed by atoms with van der Waals surface area (Å²) in [6.07, 6.45) is 19.7. The Balaban J connectivity index is 0.778. The van der Waals surface area contributed by atoms with E-state index >= 15 is 0 Å². The first-order valence-corrected chi connectivity index (χ1v) is 35.0. The van der Waals surface area contributed by atoms with Crippen molar-refractivity contribution in [2.24, 2.45) is 11.8 Å². The highest BCUT2D eigenvalue weighted by atomic mass is 16.6. The Kier molecular flexibility index (Phi) is 29.7. The Hall–Kier alpha value is -10.2. The zero-order valence-corrected chi connectivity index (χ0v) is 57.0. The zero-order valence-electron chi connectivity index (χ0n) is 57.0. The molecule has 19 heteroatoms. The van der Waals surface area contributed by atoms with Crippen LogP contribution in [0.25, 0.3) is 21.7 Å². The van der Waals surface area contributed by atoms with Crippen molar-refractivity contribution in [3.8, 4) is 46.1 Å². The minimum atomic E-state index is -0.580. The van der Waals surface area contributed by atoms with E-state index in [4.69, 9.17) is 61.8 Å². The van der Waals surface area contributed by atoms with Gasteiger partial charge in [0.25, 0.3) is 0 Å². The Morgan fingerprint density at radius 2 is 0.700 bits per heavy atom. The van der Waals surface area contributed by atoms with E-state index < -0.39 is 35.8 Å². The first kappa shape index (κ1) is 74.1. The molecule has 6 aromatic carbocycles. The first-order valence-electron chi connectivity index (χ1n) is 35.0. The number of carbonyl (C=O) groups excluding carboxylic acids is 6. The average Bonchev–Trinajstić information content (AvgIpc) is 0.759. The highest BCUT2D eigenvalue weighted by Gasteiger charge is 2.28. The van der Waals surface area contributed by atoms with Crippen LogP contribution in [0.2, 0.25) is 0 Å². The number of hydrogen-bond acceptors (Lipinski definition) is 19. The quantitative estimate of drug-likeness (QED) is 0.00867. The van der Waals surface area contributed by atoms with E-state index in [-0.39, 0.29) is 23.7 Å². The van der Waals surface area contributed by atoms with Crippen molar-refractivity contribution in [1.29, 1.82) is 0 Å². The maximum atomic E-state index is 14.0. The molecule has 2 aliphatic rings. The molecule has 7 aromatic rings. The molecule has 0 radical (unpaired) electrons. The van der Waals surface area contributed by atoms with Gasteiger partial charge in [-0.05, 0) is 267 Å². The van der Waals surface area contributed by atoms with Crippen LogP contribution in [-0.2, 0) is 38.1 Å². The number of nitrogens with zero attached hydrogens (tertiary/aromatic N) is 1. The van der Waals surface area contributed by atoms with Crippen LogP contribution in [-0.4, -0.2) is 106 Å². The van der Waals surface area contributed by atoms with Gasteiger partial charge in [-0.1, -0.05) is 31.9 Å². The molecular formula is C81H91NO18. The van der Waals surface area contributed by atoms with Gasteiger partial charge in [0.15, 0.2) is 0 Å². The van der Waals surface area contributed by atoms with Crippen LogP contribution in [0.1, 0.15) is 159 Å². The SMILES string of the molecule is C=CC(=O)OCCCCCCOc1ccc(OCC2CCC(OC(=O)c3ccc4c(c3)nc(Oc3ccc(C(=O)Oc5ccc(OCCCCCCOC(=O)C=C)cc5)cc3)c3cc(C(=O)OC5CCC(COc6ccc(OCCCCCCOC(=O)C=C)cc6)CC5)ccc34)CC2)cc1. The van der Waals surface area contributed by atoms with Crippen molar-refractivity contribution in [1.82, 2.24) is 4.98 Å². The second kappa shape index (κ2) is 40.0. The van der Waals surface area contributed by atoms with Crippen molar-refractivity contribution in [3.05, 3.63) is 188 Å². The Morgan fingerprint density at radius 1 is 0.350 bits per heavy atom. The summed E-state index contributed by atoms with van der Waals surface area (Å²) in [5.74, 6) is 2.42. The Labute approximate surface area is 585 Å². The summed E-state index contributed by atoms with van der Waals surface area (Å²) in [7, 11) is 0. The van der Waals surface area contributed by atoms with E-state index in [2.05, 4.69) is 19.7 Å². The van der Waals surface area contributed by atoms with E-state index in [0.717, 1.165) is 143 Å². The number of esters is 6. The van der Waals surface area contributed by atoms with Crippen LogP contribution < -0.4 is 33.2 Å². The van der Waals surface area contributed by atoms with Crippen LogP contribution in [0.4, 0.5) is 0 Å². The van der Waals surface area contributed by atoms with E-state index in [0.29, 0.717) is 130 Å². The molecular weight excluding hydrogens is 1270 g/mol. The lowest BCUT2D eigenvalue weighted by molar-refractivity contribution is -0.138. The molecule has 0 amide bonds. The van der Waals surface area contributed by atoms with E-state index in [1.807, 2.05) is 60.7 Å². The molecule has 19 nitrogen and oxygen atoms in total. The minimum absolute atomic E-state index is 0.165. The van der Waals surface area contributed by atoms with Gasteiger partial charge < -0.3 is 56.8 Å². The minimum Gasteiger partial charge on any atom is -0.494 e. The summed E-state index contributed by atoms with van der Waals surface area (Å²) < 4.78 is 69.7. The van der Waals surface area contributed by atoms with Gasteiger partial charge in [-0.25, -0.2) is 33.8 Å². The molecule has 2 saturated carbocycles. The zero-order chi connectivity index (χ0) is 70.1. The molecule has 0 bridgehead atoms. The monoisotopic (exact) mass is 1370 g/mol. The van der Waals surface area contributed by atoms with Gasteiger partial charge in [0, 0.05) is 29.0 Å². The summed E-state index contributed by atoms with van der Waals surface area (Å²) in [4.78, 5) is 80.0. The number of rotatable bonds is 41. The van der Waals surface area contributed by atoms with Crippen LogP contribution >= 0.6 is 0 Å². The fourth-order valence-electron chi connectivity index (χ4n) is 11.8. The number of unbranched alkanes of at least 4 members (excludes halogenated alkanes) is 9. The number of ether oxygens (including phenoxy) is 12. The van der Waals surface area contributed by atoms with Crippen molar-refractivity contribution in [2.75, 3.05) is 52.9 Å². The predicted molar refractivity (Wildman–Crippen MR) is 379 cm³/mol. The van der Waals surface area contributed by atoms with Crippen molar-refractivity contribution in [2.45, 2.75) is 141 Å². The van der Waals surface area contributed by atoms with Gasteiger partial charge >= 0.3 is 35.8 Å². The highest BCUT2D eigenvalue weighted by molar-refractivity contribution is 6.11. The number of aromatic nitrogens is 1. The van der Waals surface area contributed by atoms with Crippen LogP contribution in [0.5, 0.6) is 46.1 Å². The molecule has 1 heterocycles. The van der Waals surface area contributed by atoms with Gasteiger partial charge in [-0.3, -0.25) is 0 Å². The van der Waals surface area contributed by atoms with Gasteiger partial charge in [-0.15, -0.1) is 0 Å². The van der Waals surface area contributed by atoms with Gasteiger partial charge in [-0.2, -0.15) is 0 Å². The lowest BCUT2D eigenvalue weighted by Gasteiger charge is -2.28. The highest BCUT2D eigenvalue weighted by Crippen LogP contribution is 2.37. The fraction of sp³-hybridized carbons (Fsp3) is 0.395. The predicted octanol–water partition coefficient (Wildman–Crippen LogP) is 17.0. The van der Waals surface area contributed by atoms with Gasteiger partial charge in [0.2, 0.25) is 5.88 Å². The maximum Gasteiger partial charge on any atom is 0.343 e. The molecule has 2 fully saturated rings. The van der Waals surface area contributed by atoms with E-state index in [1.165, 1.54) is 12.2 Å². The van der Waals surface area contributed by atoms with E-state index in [9.17, 15) is 28.8 Å². The summed E-state index contributed by atoms with van der Waals surface area (Å²) >= 11 is 0. The van der Waals surface area contributed by atoms with Crippen LogP contribution in [0.15, 0.2) is 171 Å². The average molecular weight is 1370 g/mol. The molecule has 0 atom stereocenters. The normalized spacial score (nSPS) is 15.6. The van der Waals surface area contributed by atoms with Crippen molar-refractivity contribution >= 4 is 57.5 Å². The van der Waals surface area contributed by atoms with Crippen molar-refractivity contribution in [3.63, 3.8) is 0 Å². The summed E-state index contributed by atoms with van der Waals surface area (Å²) in [5, 5.41) is 1.98. The largest absolute Gasteiger partial charge is 0.494 e.